The molecule has 4 aromatic carbocycles. The van der Waals surface area contributed by atoms with Crippen molar-refractivity contribution in [2.75, 3.05) is 28.4 Å². The van der Waals surface area contributed by atoms with Crippen molar-refractivity contribution in [3.8, 4) is 45.3 Å². The summed E-state index contributed by atoms with van der Waals surface area (Å²) in [6.07, 6.45) is 1.85. The molecule has 0 fully saturated rings. The van der Waals surface area contributed by atoms with Crippen LogP contribution in [0.4, 0.5) is 0 Å². The van der Waals surface area contributed by atoms with Crippen molar-refractivity contribution in [1.82, 2.24) is 9.97 Å². The van der Waals surface area contributed by atoms with Gasteiger partial charge in [0, 0.05) is 51.0 Å². The first kappa shape index (κ1) is 30.1. The Morgan fingerprint density at radius 1 is 0.622 bits per heavy atom. The zero-order valence-corrected chi connectivity index (χ0v) is 26.4. The number of aldehydes is 2. The summed E-state index contributed by atoms with van der Waals surface area (Å²) in [5, 5.41) is 2.59. The van der Waals surface area contributed by atoms with Crippen LogP contribution in [0.5, 0.6) is 23.0 Å². The number of carbonyl (C=O) groups is 2. The van der Waals surface area contributed by atoms with Crippen molar-refractivity contribution < 1.29 is 28.5 Å². The van der Waals surface area contributed by atoms with Crippen LogP contribution in [-0.4, -0.2) is 51.0 Å². The average Bonchev–Trinajstić information content (AvgIpc) is 3.64. The fourth-order valence-corrected chi connectivity index (χ4v) is 6.25. The summed E-state index contributed by atoms with van der Waals surface area (Å²) < 4.78 is 23.1. The third kappa shape index (κ3) is 5.06. The van der Waals surface area contributed by atoms with Gasteiger partial charge in [-0.25, -0.2) is 0 Å². The third-order valence-corrected chi connectivity index (χ3v) is 8.50. The van der Waals surface area contributed by atoms with Crippen LogP contribution in [-0.2, 0) is 6.42 Å². The summed E-state index contributed by atoms with van der Waals surface area (Å²) in [5.41, 5.74) is 6.63. The van der Waals surface area contributed by atoms with E-state index in [1.807, 2.05) is 42.5 Å². The second kappa shape index (κ2) is 12.2. The number of aromatic nitrogens is 2. The number of halogens is 2. The van der Waals surface area contributed by atoms with E-state index in [0.717, 1.165) is 45.9 Å². The van der Waals surface area contributed by atoms with Gasteiger partial charge in [0.1, 0.15) is 23.0 Å². The van der Waals surface area contributed by atoms with Gasteiger partial charge in [-0.15, -0.1) is 0 Å². The van der Waals surface area contributed by atoms with E-state index in [-0.39, 0.29) is 0 Å². The first-order valence-corrected chi connectivity index (χ1v) is 14.6. The number of carbonyl (C=O) groups excluding carboxylic acids is 2. The van der Waals surface area contributed by atoms with Gasteiger partial charge in [-0.2, -0.15) is 0 Å². The fourth-order valence-electron chi connectivity index (χ4n) is 6.00. The van der Waals surface area contributed by atoms with E-state index in [9.17, 15) is 9.59 Å². The van der Waals surface area contributed by atoms with Gasteiger partial charge in [0.15, 0.2) is 12.6 Å². The molecule has 45 heavy (non-hydrogen) atoms. The van der Waals surface area contributed by atoms with E-state index in [2.05, 4.69) is 9.97 Å². The Hall–Kier alpha value is -4.92. The molecule has 8 nitrogen and oxygen atoms in total. The van der Waals surface area contributed by atoms with Gasteiger partial charge in [-0.1, -0.05) is 47.5 Å². The van der Waals surface area contributed by atoms with Crippen molar-refractivity contribution in [1.29, 1.82) is 0 Å². The molecule has 0 aliphatic heterocycles. The molecule has 0 saturated carbocycles. The van der Waals surface area contributed by atoms with Gasteiger partial charge in [-0.05, 0) is 35.4 Å². The molecule has 0 spiro atoms. The highest BCUT2D eigenvalue weighted by atomic mass is 35.5. The largest absolute Gasteiger partial charge is 0.496 e. The highest BCUT2D eigenvalue weighted by molar-refractivity contribution is 6.31. The molecular weight excluding hydrogens is 615 g/mol. The summed E-state index contributed by atoms with van der Waals surface area (Å²) in [6, 6.07) is 18.2. The number of methoxy groups -OCH3 is 4. The highest BCUT2D eigenvalue weighted by Gasteiger charge is 2.27. The molecule has 0 aliphatic carbocycles. The SMILES string of the molecule is COc1cc(OC)c2c(-c3ccc(Cl)cc3)c(Cc3c(OC)cc(OC)c4c(-c5ccc(Cl)cc5)c(C=O)[nH]c34)[nH]c2c1C=O. The van der Waals surface area contributed by atoms with Crippen LogP contribution < -0.4 is 18.9 Å². The maximum atomic E-state index is 12.4. The number of ether oxygens (including phenoxy) is 4. The Labute approximate surface area is 268 Å². The smallest absolute Gasteiger partial charge is 0.166 e. The summed E-state index contributed by atoms with van der Waals surface area (Å²) in [7, 11) is 6.23. The minimum absolute atomic E-state index is 0.305. The molecule has 0 bridgehead atoms. The lowest BCUT2D eigenvalue weighted by Crippen LogP contribution is -1.99. The lowest BCUT2D eigenvalue weighted by Gasteiger charge is -2.15. The minimum atomic E-state index is 0.305. The summed E-state index contributed by atoms with van der Waals surface area (Å²) >= 11 is 12.4. The third-order valence-electron chi connectivity index (χ3n) is 7.99. The van der Waals surface area contributed by atoms with Gasteiger partial charge in [0.2, 0.25) is 0 Å². The second-order valence-corrected chi connectivity index (χ2v) is 11.1. The van der Waals surface area contributed by atoms with Crippen molar-refractivity contribution in [3.05, 3.63) is 93.2 Å². The van der Waals surface area contributed by atoms with Crippen LogP contribution >= 0.6 is 23.2 Å². The summed E-state index contributed by atoms with van der Waals surface area (Å²) in [6.45, 7) is 0. The molecule has 0 saturated heterocycles. The van der Waals surface area contributed by atoms with Gasteiger partial charge < -0.3 is 28.9 Å². The number of benzene rings is 4. The van der Waals surface area contributed by atoms with Crippen molar-refractivity contribution in [2.45, 2.75) is 6.42 Å². The zero-order valence-electron chi connectivity index (χ0n) is 24.8. The number of rotatable bonds is 10. The maximum Gasteiger partial charge on any atom is 0.166 e. The summed E-state index contributed by atoms with van der Waals surface area (Å²) in [5.74, 6) is 1.98. The van der Waals surface area contributed by atoms with E-state index in [1.54, 1.807) is 39.5 Å². The molecule has 2 N–H and O–H groups in total. The van der Waals surface area contributed by atoms with Gasteiger partial charge in [0.05, 0.1) is 61.5 Å². The number of aromatic amines is 2. The Morgan fingerprint density at radius 2 is 1.13 bits per heavy atom. The van der Waals surface area contributed by atoms with Gasteiger partial charge in [0.25, 0.3) is 0 Å². The monoisotopic (exact) mass is 642 g/mol. The van der Waals surface area contributed by atoms with Crippen LogP contribution in [0, 0.1) is 0 Å². The van der Waals surface area contributed by atoms with Crippen molar-refractivity contribution >= 4 is 57.6 Å². The normalized spacial score (nSPS) is 11.2. The van der Waals surface area contributed by atoms with Gasteiger partial charge in [-0.3, -0.25) is 9.59 Å². The Morgan fingerprint density at radius 3 is 1.64 bits per heavy atom. The predicted octanol–water partition coefficient (Wildman–Crippen LogP) is 8.54. The quantitative estimate of drug-likeness (QED) is 0.145. The molecule has 2 aromatic heterocycles. The van der Waals surface area contributed by atoms with E-state index in [4.69, 9.17) is 42.1 Å². The first-order valence-electron chi connectivity index (χ1n) is 13.9. The molecule has 228 valence electrons. The average molecular weight is 644 g/mol. The number of hydrogen-bond acceptors (Lipinski definition) is 6. The van der Waals surface area contributed by atoms with Crippen molar-refractivity contribution in [2.24, 2.45) is 0 Å². The molecule has 0 unspecified atom stereocenters. The number of H-pyrrole nitrogens is 2. The lowest BCUT2D eigenvalue weighted by atomic mass is 9.94. The molecule has 6 aromatic rings. The van der Waals surface area contributed by atoms with E-state index < -0.39 is 0 Å². The van der Waals surface area contributed by atoms with E-state index >= 15 is 0 Å². The lowest BCUT2D eigenvalue weighted by molar-refractivity contribution is 0.111. The van der Waals surface area contributed by atoms with E-state index in [0.29, 0.717) is 72.7 Å². The van der Waals surface area contributed by atoms with Crippen molar-refractivity contribution in [3.63, 3.8) is 0 Å². The Bertz CT molecular complexity index is 2080. The fraction of sp³-hybridized carbons (Fsp3) is 0.143. The molecule has 0 aliphatic rings. The van der Waals surface area contributed by atoms with Crippen LogP contribution in [0.3, 0.4) is 0 Å². The molecule has 6 rings (SSSR count). The Balaban J connectivity index is 1.69. The topological polar surface area (TPSA) is 103 Å². The summed E-state index contributed by atoms with van der Waals surface area (Å²) in [4.78, 5) is 31.7. The minimum Gasteiger partial charge on any atom is -0.496 e. The number of nitrogens with one attached hydrogen (secondary N) is 2. The molecule has 2 heterocycles. The number of hydrogen-bond donors (Lipinski definition) is 2. The molecule has 0 atom stereocenters. The Kier molecular flexibility index (Phi) is 8.18. The molecule has 10 heteroatoms. The van der Waals surface area contributed by atoms with Gasteiger partial charge >= 0.3 is 0 Å². The zero-order chi connectivity index (χ0) is 31.8. The van der Waals surface area contributed by atoms with Crippen LogP contribution in [0.25, 0.3) is 44.1 Å². The number of fused-ring (bicyclic) bond motifs is 2. The van der Waals surface area contributed by atoms with Crippen LogP contribution in [0.1, 0.15) is 32.1 Å². The van der Waals surface area contributed by atoms with Crippen LogP contribution in [0.15, 0.2) is 60.7 Å². The van der Waals surface area contributed by atoms with Crippen LogP contribution in [0.2, 0.25) is 10.0 Å². The first-order chi connectivity index (χ1) is 21.9. The molecule has 0 radical (unpaired) electrons. The van der Waals surface area contributed by atoms with E-state index in [1.165, 1.54) is 7.11 Å². The predicted molar refractivity (Wildman–Crippen MR) is 177 cm³/mol. The molecule has 0 amide bonds. The highest BCUT2D eigenvalue weighted by Crippen LogP contribution is 2.47. The molecular formula is C35H28Cl2N2O6. The second-order valence-electron chi connectivity index (χ2n) is 10.3. The maximum absolute atomic E-state index is 12.4. The standard InChI is InChI=1S/C35H28Cl2N2O6/c1-42-26-14-28(44-3)33-31(19-7-11-21(37)12-8-19)25(17-41)39-34(33)22(26)13-24-30(18-5-9-20(36)10-6-18)32-29(45-4)15-27(43-2)23(16-40)35(32)38-24/h5-12,14-17,38-39H,13H2,1-4H3.